The van der Waals surface area contributed by atoms with Gasteiger partial charge >= 0.3 is 0 Å². The molecule has 1 amide bonds. The molecule has 1 N–H and O–H groups in total. The van der Waals surface area contributed by atoms with E-state index in [1.165, 1.54) is 10.8 Å². The number of hydrogen-bond donors (Lipinski definition) is 1. The maximum absolute atomic E-state index is 11.5. The average Bonchev–Trinajstić information content (AvgIpc) is 3.28. The molecule has 1 saturated carbocycles. The molecule has 3 rings (SSSR count). The van der Waals surface area contributed by atoms with E-state index >= 15 is 0 Å². The molecule has 1 aliphatic rings. The van der Waals surface area contributed by atoms with Crippen LogP contribution in [0.3, 0.4) is 0 Å². The normalized spacial score (nSPS) is 15.5. The van der Waals surface area contributed by atoms with Crippen LogP contribution in [0.5, 0.6) is 0 Å². The van der Waals surface area contributed by atoms with Crippen molar-refractivity contribution in [1.82, 2.24) is 5.43 Å². The molecule has 3 nitrogen and oxygen atoms in total. The molecule has 0 unspecified atom stereocenters. The summed E-state index contributed by atoms with van der Waals surface area (Å²) in [7, 11) is 0. The van der Waals surface area contributed by atoms with Gasteiger partial charge in [0.2, 0.25) is 5.91 Å². The topological polar surface area (TPSA) is 41.5 Å². The van der Waals surface area contributed by atoms with Gasteiger partial charge in [0, 0.05) is 5.92 Å². The zero-order valence-electron chi connectivity index (χ0n) is 10.9. The Kier molecular flexibility index (Phi) is 3.03. The number of nitrogens with one attached hydrogen (secondary N) is 1. The first-order valence-corrected chi connectivity index (χ1v) is 6.57. The number of rotatable bonds is 3. The average molecular weight is 252 g/mol. The highest BCUT2D eigenvalue weighted by atomic mass is 16.2. The molecule has 96 valence electrons. The first kappa shape index (κ1) is 11.9. The third-order valence-corrected chi connectivity index (χ3v) is 3.45. The van der Waals surface area contributed by atoms with Crippen LogP contribution in [-0.4, -0.2) is 11.6 Å². The Morgan fingerprint density at radius 1 is 1.16 bits per heavy atom. The van der Waals surface area contributed by atoms with Crippen LogP contribution in [0.15, 0.2) is 47.6 Å². The van der Waals surface area contributed by atoms with Crippen LogP contribution in [0.25, 0.3) is 10.8 Å². The van der Waals surface area contributed by atoms with E-state index in [2.05, 4.69) is 34.8 Å². The standard InChI is InChI=1S/C16H16N2O/c1-11(17-18-16(19)13-7-8-13)14-9-6-12-4-2-3-5-15(12)10-14/h2-6,9-10,13H,7-8H2,1H3,(H,18,19)/b17-11-. The quantitative estimate of drug-likeness (QED) is 0.662. The Bertz CT molecular complexity index is 657. The Morgan fingerprint density at radius 2 is 1.89 bits per heavy atom. The summed E-state index contributed by atoms with van der Waals surface area (Å²) in [4.78, 5) is 11.5. The summed E-state index contributed by atoms with van der Waals surface area (Å²) in [6.07, 6.45) is 1.99. The summed E-state index contributed by atoms with van der Waals surface area (Å²) in [6.45, 7) is 1.91. The van der Waals surface area contributed by atoms with E-state index in [-0.39, 0.29) is 11.8 Å². The monoisotopic (exact) mass is 252 g/mol. The van der Waals surface area contributed by atoms with Gasteiger partial charge in [-0.15, -0.1) is 0 Å². The molecule has 0 atom stereocenters. The predicted molar refractivity (Wildman–Crippen MR) is 77.0 cm³/mol. The van der Waals surface area contributed by atoms with E-state index < -0.39 is 0 Å². The van der Waals surface area contributed by atoms with Crippen LogP contribution in [0.4, 0.5) is 0 Å². The summed E-state index contributed by atoms with van der Waals surface area (Å²) in [5.74, 6) is 0.230. The number of carbonyl (C=O) groups is 1. The first-order valence-electron chi connectivity index (χ1n) is 6.57. The van der Waals surface area contributed by atoms with Gasteiger partial charge in [0.15, 0.2) is 0 Å². The third kappa shape index (κ3) is 2.65. The number of fused-ring (bicyclic) bond motifs is 1. The van der Waals surface area contributed by atoms with Crippen LogP contribution < -0.4 is 5.43 Å². The van der Waals surface area contributed by atoms with Gasteiger partial charge in [0.05, 0.1) is 5.71 Å². The van der Waals surface area contributed by atoms with Crippen LogP contribution >= 0.6 is 0 Å². The Hall–Kier alpha value is -2.16. The van der Waals surface area contributed by atoms with Gasteiger partial charge in [0.25, 0.3) is 0 Å². The molecule has 2 aromatic rings. The summed E-state index contributed by atoms with van der Waals surface area (Å²) < 4.78 is 0. The van der Waals surface area contributed by atoms with Gasteiger partial charge in [-0.25, -0.2) is 5.43 Å². The molecule has 0 saturated heterocycles. The molecule has 3 heteroatoms. The van der Waals surface area contributed by atoms with Crippen molar-refractivity contribution in [3.63, 3.8) is 0 Å². The van der Waals surface area contributed by atoms with E-state index in [0.29, 0.717) is 0 Å². The Balaban J connectivity index is 1.81. The lowest BCUT2D eigenvalue weighted by atomic mass is 10.0. The molecule has 1 aliphatic carbocycles. The molecule has 0 radical (unpaired) electrons. The van der Waals surface area contributed by atoms with Gasteiger partial charge in [-0.3, -0.25) is 4.79 Å². The lowest BCUT2D eigenvalue weighted by Crippen LogP contribution is -2.20. The van der Waals surface area contributed by atoms with Crippen LogP contribution in [-0.2, 0) is 4.79 Å². The largest absolute Gasteiger partial charge is 0.273 e. The summed E-state index contributed by atoms with van der Waals surface area (Å²) >= 11 is 0. The number of carbonyl (C=O) groups excluding carboxylic acids is 1. The number of nitrogens with zero attached hydrogens (tertiary/aromatic N) is 1. The highest BCUT2D eigenvalue weighted by molar-refractivity contribution is 6.02. The maximum Gasteiger partial charge on any atom is 0.243 e. The fraction of sp³-hybridized carbons (Fsp3) is 0.250. The molecule has 0 aromatic heterocycles. The highest BCUT2D eigenvalue weighted by Crippen LogP contribution is 2.28. The second-order valence-corrected chi connectivity index (χ2v) is 5.01. The maximum atomic E-state index is 11.5. The summed E-state index contributed by atoms with van der Waals surface area (Å²) in [6, 6.07) is 14.4. The lowest BCUT2D eigenvalue weighted by molar-refractivity contribution is -0.122. The zero-order chi connectivity index (χ0) is 13.2. The molecule has 19 heavy (non-hydrogen) atoms. The summed E-state index contributed by atoms with van der Waals surface area (Å²) in [5, 5.41) is 6.57. The van der Waals surface area contributed by atoms with E-state index in [0.717, 1.165) is 24.1 Å². The third-order valence-electron chi connectivity index (χ3n) is 3.45. The second kappa shape index (κ2) is 4.84. The fourth-order valence-corrected chi connectivity index (χ4v) is 2.05. The molecule has 1 fully saturated rings. The number of benzene rings is 2. The lowest BCUT2D eigenvalue weighted by Gasteiger charge is -2.04. The van der Waals surface area contributed by atoms with Gasteiger partial charge in [-0.05, 0) is 42.2 Å². The Labute approximate surface area is 112 Å². The van der Waals surface area contributed by atoms with Crippen molar-refractivity contribution in [3.8, 4) is 0 Å². The molecular weight excluding hydrogens is 236 g/mol. The highest BCUT2D eigenvalue weighted by Gasteiger charge is 2.29. The van der Waals surface area contributed by atoms with Crippen molar-refractivity contribution in [2.24, 2.45) is 11.0 Å². The molecule has 2 aromatic carbocycles. The van der Waals surface area contributed by atoms with Crippen molar-refractivity contribution in [2.75, 3.05) is 0 Å². The number of hydrazone groups is 1. The minimum absolute atomic E-state index is 0.0418. The van der Waals surface area contributed by atoms with E-state index in [9.17, 15) is 4.79 Å². The van der Waals surface area contributed by atoms with E-state index in [1.54, 1.807) is 0 Å². The molecule has 0 heterocycles. The smallest absolute Gasteiger partial charge is 0.243 e. The van der Waals surface area contributed by atoms with Crippen LogP contribution in [0.1, 0.15) is 25.3 Å². The Morgan fingerprint density at radius 3 is 2.63 bits per heavy atom. The van der Waals surface area contributed by atoms with E-state index in [1.807, 2.05) is 25.1 Å². The minimum Gasteiger partial charge on any atom is -0.273 e. The molecular formula is C16H16N2O. The van der Waals surface area contributed by atoms with Gasteiger partial charge in [-0.2, -0.15) is 5.10 Å². The van der Waals surface area contributed by atoms with Crippen molar-refractivity contribution in [1.29, 1.82) is 0 Å². The molecule has 0 spiro atoms. The van der Waals surface area contributed by atoms with Crippen molar-refractivity contribution in [3.05, 3.63) is 48.0 Å². The van der Waals surface area contributed by atoms with Crippen LogP contribution in [0.2, 0.25) is 0 Å². The van der Waals surface area contributed by atoms with Crippen molar-refractivity contribution in [2.45, 2.75) is 19.8 Å². The van der Waals surface area contributed by atoms with E-state index in [4.69, 9.17) is 0 Å². The predicted octanol–water partition coefficient (Wildman–Crippen LogP) is 3.09. The second-order valence-electron chi connectivity index (χ2n) is 5.01. The number of amides is 1. The first-order chi connectivity index (χ1) is 9.24. The van der Waals surface area contributed by atoms with Gasteiger partial charge < -0.3 is 0 Å². The van der Waals surface area contributed by atoms with Crippen LogP contribution in [0, 0.1) is 5.92 Å². The van der Waals surface area contributed by atoms with Gasteiger partial charge in [0.1, 0.15) is 0 Å². The molecule has 0 bridgehead atoms. The minimum atomic E-state index is 0.0418. The van der Waals surface area contributed by atoms with Crippen molar-refractivity contribution >= 4 is 22.4 Å². The summed E-state index contributed by atoms with van der Waals surface area (Å²) in [5.41, 5.74) is 4.51. The van der Waals surface area contributed by atoms with Crippen molar-refractivity contribution < 1.29 is 4.79 Å². The van der Waals surface area contributed by atoms with Gasteiger partial charge in [-0.1, -0.05) is 36.4 Å². The number of hydrogen-bond acceptors (Lipinski definition) is 2. The zero-order valence-corrected chi connectivity index (χ0v) is 10.9. The SMILES string of the molecule is C/C(=N/NC(=O)C1CC1)c1ccc2ccccc2c1. The fourth-order valence-electron chi connectivity index (χ4n) is 2.05. The molecule has 0 aliphatic heterocycles.